The van der Waals surface area contributed by atoms with Crippen LogP contribution < -0.4 is 0 Å². The molecule has 0 aromatic rings. The molecule has 0 fully saturated rings. The SMILES string of the molecule is C=COP(O)OCC(F)(F)F. The second kappa shape index (κ2) is 4.54. The van der Waals surface area contributed by atoms with Crippen LogP contribution in [0.5, 0.6) is 0 Å². The van der Waals surface area contributed by atoms with Crippen molar-refractivity contribution in [2.24, 2.45) is 0 Å². The second-order valence-electron chi connectivity index (χ2n) is 1.40. The van der Waals surface area contributed by atoms with E-state index in [0.717, 1.165) is 6.26 Å². The largest absolute Gasteiger partial charge is 0.435 e. The number of alkyl halides is 3. The first-order valence-corrected chi connectivity index (χ1v) is 3.55. The van der Waals surface area contributed by atoms with Gasteiger partial charge in [0.25, 0.3) is 0 Å². The molecule has 0 bridgehead atoms. The van der Waals surface area contributed by atoms with Crippen LogP contribution >= 0.6 is 8.60 Å². The molecule has 0 amide bonds. The van der Waals surface area contributed by atoms with Crippen LogP contribution in [-0.2, 0) is 9.05 Å². The molecule has 11 heavy (non-hydrogen) atoms. The summed E-state index contributed by atoms with van der Waals surface area (Å²) in [7, 11) is -2.48. The van der Waals surface area contributed by atoms with Gasteiger partial charge in [-0.25, -0.2) is 0 Å². The first-order chi connectivity index (χ1) is 4.95. The normalized spacial score (nSPS) is 14.2. The lowest BCUT2D eigenvalue weighted by atomic mass is 10.7. The van der Waals surface area contributed by atoms with Crippen molar-refractivity contribution >= 4 is 8.60 Å². The Morgan fingerprint density at radius 1 is 1.55 bits per heavy atom. The molecule has 0 heterocycles. The first-order valence-electron chi connectivity index (χ1n) is 2.42. The molecule has 0 saturated heterocycles. The summed E-state index contributed by atoms with van der Waals surface area (Å²) in [4.78, 5) is 8.46. The Hall–Kier alpha value is -0.320. The first kappa shape index (κ1) is 10.7. The molecule has 0 radical (unpaired) electrons. The summed E-state index contributed by atoms with van der Waals surface area (Å²) < 4.78 is 42.0. The van der Waals surface area contributed by atoms with E-state index in [0.29, 0.717) is 0 Å². The highest BCUT2D eigenvalue weighted by molar-refractivity contribution is 7.40. The van der Waals surface area contributed by atoms with E-state index in [1.165, 1.54) is 0 Å². The van der Waals surface area contributed by atoms with Gasteiger partial charge < -0.3 is 9.42 Å². The minimum atomic E-state index is -4.45. The fraction of sp³-hybridized carbons (Fsp3) is 0.500. The van der Waals surface area contributed by atoms with Gasteiger partial charge in [-0.2, -0.15) is 13.2 Å². The van der Waals surface area contributed by atoms with Gasteiger partial charge >= 0.3 is 14.8 Å². The van der Waals surface area contributed by atoms with Crippen LogP contribution in [0.2, 0.25) is 0 Å². The zero-order chi connectivity index (χ0) is 8.91. The van der Waals surface area contributed by atoms with E-state index in [-0.39, 0.29) is 0 Å². The molecule has 0 aliphatic heterocycles. The van der Waals surface area contributed by atoms with E-state index < -0.39 is 21.4 Å². The van der Waals surface area contributed by atoms with E-state index in [9.17, 15) is 13.2 Å². The average Bonchev–Trinajstić information content (AvgIpc) is 1.83. The molecule has 0 spiro atoms. The van der Waals surface area contributed by atoms with Gasteiger partial charge in [0, 0.05) is 0 Å². The summed E-state index contributed by atoms with van der Waals surface area (Å²) in [6, 6.07) is 0. The summed E-state index contributed by atoms with van der Waals surface area (Å²) in [5.41, 5.74) is 0. The standard InChI is InChI=1S/C4H6F3O3P/c1-2-9-11(8)10-3-4(5,6)7/h2,8H,1,3H2. The van der Waals surface area contributed by atoms with Gasteiger partial charge in [0.05, 0.1) is 6.26 Å². The molecule has 1 N–H and O–H groups in total. The van der Waals surface area contributed by atoms with Crippen molar-refractivity contribution in [1.29, 1.82) is 0 Å². The number of hydrogen-bond donors (Lipinski definition) is 1. The van der Waals surface area contributed by atoms with Crippen LogP contribution in [0.3, 0.4) is 0 Å². The maximum Gasteiger partial charge on any atom is 0.412 e. The van der Waals surface area contributed by atoms with Crippen LogP contribution in [0.1, 0.15) is 0 Å². The van der Waals surface area contributed by atoms with Crippen molar-refractivity contribution in [3.05, 3.63) is 12.8 Å². The Morgan fingerprint density at radius 2 is 2.09 bits per heavy atom. The minimum absolute atomic E-state index is 0.808. The quantitative estimate of drug-likeness (QED) is 0.543. The predicted octanol–water partition coefficient (Wildman–Crippen LogP) is 1.94. The van der Waals surface area contributed by atoms with Crippen molar-refractivity contribution in [2.45, 2.75) is 6.18 Å². The second-order valence-corrected chi connectivity index (χ2v) is 2.34. The minimum Gasteiger partial charge on any atom is -0.435 e. The van der Waals surface area contributed by atoms with Crippen molar-refractivity contribution in [3.8, 4) is 0 Å². The third-order valence-electron chi connectivity index (χ3n) is 0.503. The fourth-order valence-electron chi connectivity index (χ4n) is 0.223. The topological polar surface area (TPSA) is 38.7 Å². The molecule has 0 aromatic heterocycles. The molecule has 0 saturated carbocycles. The molecule has 7 heteroatoms. The average molecular weight is 190 g/mol. The summed E-state index contributed by atoms with van der Waals surface area (Å²) in [5, 5.41) is 0. The highest BCUT2D eigenvalue weighted by Crippen LogP contribution is 2.34. The van der Waals surface area contributed by atoms with Gasteiger partial charge in [-0.1, -0.05) is 6.58 Å². The smallest absolute Gasteiger partial charge is 0.412 e. The highest BCUT2D eigenvalue weighted by Gasteiger charge is 2.29. The molecule has 1 atom stereocenters. The van der Waals surface area contributed by atoms with Crippen LogP contribution in [0, 0.1) is 0 Å². The summed E-state index contributed by atoms with van der Waals surface area (Å²) in [5.74, 6) is 0. The van der Waals surface area contributed by atoms with Crippen LogP contribution in [0.15, 0.2) is 12.8 Å². The summed E-state index contributed by atoms with van der Waals surface area (Å²) in [6.45, 7) is 1.49. The lowest BCUT2D eigenvalue weighted by Gasteiger charge is -2.09. The van der Waals surface area contributed by atoms with Gasteiger partial charge in [-0.05, 0) is 0 Å². The molecule has 0 aliphatic carbocycles. The number of hydrogen-bond acceptors (Lipinski definition) is 3. The Kier molecular flexibility index (Phi) is 4.40. The van der Waals surface area contributed by atoms with Crippen molar-refractivity contribution in [1.82, 2.24) is 0 Å². The van der Waals surface area contributed by atoms with E-state index >= 15 is 0 Å². The summed E-state index contributed by atoms with van der Waals surface area (Å²) in [6.07, 6.45) is -3.64. The Bertz CT molecular complexity index is 126. The monoisotopic (exact) mass is 190 g/mol. The molecule has 66 valence electrons. The van der Waals surface area contributed by atoms with Crippen molar-refractivity contribution < 1.29 is 27.1 Å². The summed E-state index contributed by atoms with van der Waals surface area (Å²) >= 11 is 0. The van der Waals surface area contributed by atoms with Gasteiger partial charge in [0.1, 0.15) is 0 Å². The Balaban J connectivity index is 3.45. The van der Waals surface area contributed by atoms with Crippen molar-refractivity contribution in [3.63, 3.8) is 0 Å². The van der Waals surface area contributed by atoms with Gasteiger partial charge in [0.2, 0.25) is 0 Å². The number of rotatable bonds is 4. The zero-order valence-electron chi connectivity index (χ0n) is 5.34. The molecule has 0 rings (SSSR count). The van der Waals surface area contributed by atoms with E-state index in [1.54, 1.807) is 0 Å². The molecule has 1 unspecified atom stereocenters. The maximum absolute atomic E-state index is 11.3. The van der Waals surface area contributed by atoms with Gasteiger partial charge in [-0.3, -0.25) is 4.52 Å². The molecule has 0 aliphatic rings. The van der Waals surface area contributed by atoms with E-state index in [4.69, 9.17) is 4.89 Å². The van der Waals surface area contributed by atoms with Crippen molar-refractivity contribution in [2.75, 3.05) is 6.61 Å². The van der Waals surface area contributed by atoms with Crippen LogP contribution in [-0.4, -0.2) is 17.7 Å². The fourth-order valence-corrected chi connectivity index (χ4v) is 0.668. The third kappa shape index (κ3) is 7.58. The molecular formula is C4H6F3O3P. The van der Waals surface area contributed by atoms with Crippen LogP contribution in [0.25, 0.3) is 0 Å². The maximum atomic E-state index is 11.3. The lowest BCUT2D eigenvalue weighted by molar-refractivity contribution is -0.154. The lowest BCUT2D eigenvalue weighted by Crippen LogP contribution is -2.15. The Labute approximate surface area is 62.4 Å². The van der Waals surface area contributed by atoms with Crippen LogP contribution in [0.4, 0.5) is 13.2 Å². The third-order valence-corrected chi connectivity index (χ3v) is 1.18. The van der Waals surface area contributed by atoms with E-state index in [1.807, 2.05) is 0 Å². The highest BCUT2D eigenvalue weighted by atomic mass is 31.2. The predicted molar refractivity (Wildman–Crippen MR) is 32.4 cm³/mol. The van der Waals surface area contributed by atoms with E-state index in [2.05, 4.69) is 15.6 Å². The molecule has 0 aromatic carbocycles. The Morgan fingerprint density at radius 3 is 2.45 bits per heavy atom. The number of halogens is 3. The molecule has 3 nitrogen and oxygen atoms in total. The molecular weight excluding hydrogens is 184 g/mol. The zero-order valence-corrected chi connectivity index (χ0v) is 6.23. The van der Waals surface area contributed by atoms with Gasteiger partial charge in [-0.15, -0.1) is 0 Å². The van der Waals surface area contributed by atoms with Gasteiger partial charge in [0.15, 0.2) is 6.61 Å².